The quantitative estimate of drug-likeness (QED) is 0.915. The van der Waals surface area contributed by atoms with Gasteiger partial charge in [-0.15, -0.1) is 0 Å². The standard InChI is InChI=1S/C15H15F3N2O2S/c16-15(17,18)10-3-4-11(20-5-1-2-6-20)9(7-10)8-12-13(21)19-14(22)23-12/h3-4,7,12H,1-2,5-6,8H2,(H,19,21,22). The van der Waals surface area contributed by atoms with Crippen molar-refractivity contribution in [3.05, 3.63) is 29.3 Å². The van der Waals surface area contributed by atoms with E-state index >= 15 is 0 Å². The largest absolute Gasteiger partial charge is 0.416 e. The smallest absolute Gasteiger partial charge is 0.371 e. The molecule has 0 aliphatic carbocycles. The number of nitrogens with one attached hydrogen (secondary N) is 1. The van der Waals surface area contributed by atoms with Crippen LogP contribution >= 0.6 is 11.8 Å². The molecule has 0 radical (unpaired) electrons. The average Bonchev–Trinajstić information content (AvgIpc) is 3.08. The Hall–Kier alpha value is -1.70. The maximum Gasteiger partial charge on any atom is 0.416 e. The molecule has 8 heteroatoms. The molecule has 1 unspecified atom stereocenters. The van der Waals surface area contributed by atoms with E-state index in [0.29, 0.717) is 5.56 Å². The van der Waals surface area contributed by atoms with Gasteiger partial charge in [0.1, 0.15) is 0 Å². The Bertz CT molecular complexity index is 642. The minimum atomic E-state index is -4.43. The molecule has 0 saturated carbocycles. The van der Waals surface area contributed by atoms with E-state index in [4.69, 9.17) is 0 Å². The van der Waals surface area contributed by atoms with E-state index in [1.54, 1.807) is 0 Å². The molecule has 2 fully saturated rings. The van der Waals surface area contributed by atoms with E-state index in [2.05, 4.69) is 5.32 Å². The lowest BCUT2D eigenvalue weighted by atomic mass is 10.0. The molecule has 2 heterocycles. The third-order valence-corrected chi connectivity index (χ3v) is 5.01. The van der Waals surface area contributed by atoms with Gasteiger partial charge in [0.05, 0.1) is 10.8 Å². The highest BCUT2D eigenvalue weighted by molar-refractivity contribution is 8.15. The molecule has 23 heavy (non-hydrogen) atoms. The molecule has 0 spiro atoms. The maximum atomic E-state index is 13.0. The number of benzene rings is 1. The minimum Gasteiger partial charge on any atom is -0.371 e. The number of hydrogen-bond donors (Lipinski definition) is 1. The Kier molecular flexibility index (Phi) is 4.27. The maximum absolute atomic E-state index is 13.0. The third-order valence-electron chi connectivity index (χ3n) is 4.03. The molecule has 3 rings (SSSR count). The number of amides is 2. The van der Waals surface area contributed by atoms with Gasteiger partial charge in [-0.2, -0.15) is 13.2 Å². The Labute approximate surface area is 135 Å². The highest BCUT2D eigenvalue weighted by atomic mass is 32.2. The summed E-state index contributed by atoms with van der Waals surface area (Å²) in [7, 11) is 0. The van der Waals surface area contributed by atoms with Crippen LogP contribution in [0.5, 0.6) is 0 Å². The number of alkyl halides is 3. The van der Waals surface area contributed by atoms with Crippen LogP contribution in [0.15, 0.2) is 18.2 Å². The molecule has 2 amide bonds. The van der Waals surface area contributed by atoms with Gasteiger partial charge >= 0.3 is 6.18 Å². The topological polar surface area (TPSA) is 49.4 Å². The van der Waals surface area contributed by atoms with Crippen molar-refractivity contribution in [2.45, 2.75) is 30.7 Å². The lowest BCUT2D eigenvalue weighted by Crippen LogP contribution is -2.27. The Morgan fingerprint density at radius 1 is 1.22 bits per heavy atom. The SMILES string of the molecule is O=C1NC(=O)C(Cc2cc(C(F)(F)F)ccc2N2CCCC2)S1. The summed E-state index contributed by atoms with van der Waals surface area (Å²) in [6.07, 6.45) is -2.33. The second-order valence-electron chi connectivity index (χ2n) is 5.62. The summed E-state index contributed by atoms with van der Waals surface area (Å²) in [5.41, 5.74) is 0.456. The summed E-state index contributed by atoms with van der Waals surface area (Å²) in [4.78, 5) is 25.0. The Balaban J connectivity index is 1.93. The molecule has 2 saturated heterocycles. The summed E-state index contributed by atoms with van der Waals surface area (Å²) in [5.74, 6) is -0.440. The summed E-state index contributed by atoms with van der Waals surface area (Å²) < 4.78 is 38.9. The second kappa shape index (κ2) is 6.07. The van der Waals surface area contributed by atoms with Gasteiger partial charge in [0, 0.05) is 18.8 Å². The van der Waals surface area contributed by atoms with Crippen molar-refractivity contribution >= 4 is 28.6 Å². The fourth-order valence-corrected chi connectivity index (χ4v) is 3.77. The van der Waals surface area contributed by atoms with Gasteiger partial charge in [-0.3, -0.25) is 14.9 Å². The van der Waals surface area contributed by atoms with Crippen LogP contribution in [0.1, 0.15) is 24.0 Å². The van der Waals surface area contributed by atoms with E-state index in [1.165, 1.54) is 6.07 Å². The summed E-state index contributed by atoms with van der Waals surface area (Å²) >= 11 is 0.834. The second-order valence-corrected chi connectivity index (χ2v) is 6.80. The van der Waals surface area contributed by atoms with Crippen LogP contribution in [0.25, 0.3) is 0 Å². The van der Waals surface area contributed by atoms with E-state index < -0.39 is 28.1 Å². The molecule has 4 nitrogen and oxygen atoms in total. The van der Waals surface area contributed by atoms with Crippen molar-refractivity contribution < 1.29 is 22.8 Å². The predicted molar refractivity (Wildman–Crippen MR) is 81.5 cm³/mol. The fourth-order valence-electron chi connectivity index (χ4n) is 2.92. The highest BCUT2D eigenvalue weighted by Crippen LogP contribution is 2.36. The summed E-state index contributed by atoms with van der Waals surface area (Å²) in [6.45, 7) is 1.59. The van der Waals surface area contributed by atoms with Crippen LogP contribution in [0.2, 0.25) is 0 Å². The first-order valence-electron chi connectivity index (χ1n) is 7.31. The van der Waals surface area contributed by atoms with Crippen molar-refractivity contribution in [1.82, 2.24) is 5.32 Å². The normalized spacial score (nSPS) is 21.9. The zero-order valence-corrected chi connectivity index (χ0v) is 13.0. The first-order valence-corrected chi connectivity index (χ1v) is 8.19. The molecule has 124 valence electrons. The Morgan fingerprint density at radius 3 is 2.48 bits per heavy atom. The average molecular weight is 344 g/mol. The number of rotatable bonds is 3. The number of carbonyl (C=O) groups excluding carboxylic acids is 2. The number of carbonyl (C=O) groups is 2. The van der Waals surface area contributed by atoms with Crippen molar-refractivity contribution in [2.24, 2.45) is 0 Å². The number of thioether (sulfide) groups is 1. The van der Waals surface area contributed by atoms with Crippen molar-refractivity contribution in [3.8, 4) is 0 Å². The summed E-state index contributed by atoms with van der Waals surface area (Å²) in [5, 5.41) is 1.05. The molecule has 1 aromatic carbocycles. The van der Waals surface area contributed by atoms with Gasteiger partial charge in [-0.25, -0.2) is 0 Å². The number of imide groups is 1. The summed E-state index contributed by atoms with van der Waals surface area (Å²) in [6, 6.07) is 3.65. The van der Waals surface area contributed by atoms with Crippen LogP contribution < -0.4 is 10.2 Å². The number of hydrogen-bond acceptors (Lipinski definition) is 4. The molecule has 1 N–H and O–H groups in total. The zero-order valence-electron chi connectivity index (χ0n) is 12.2. The van der Waals surface area contributed by atoms with Crippen molar-refractivity contribution in [3.63, 3.8) is 0 Å². The Morgan fingerprint density at radius 2 is 1.91 bits per heavy atom. The lowest BCUT2D eigenvalue weighted by molar-refractivity contribution is -0.137. The molecule has 2 aliphatic rings. The monoisotopic (exact) mass is 344 g/mol. The minimum absolute atomic E-state index is 0.109. The van der Waals surface area contributed by atoms with Gasteiger partial charge in [0.25, 0.3) is 5.24 Å². The van der Waals surface area contributed by atoms with Crippen LogP contribution in [-0.4, -0.2) is 29.5 Å². The molecular formula is C15H15F3N2O2S. The lowest BCUT2D eigenvalue weighted by Gasteiger charge is -2.23. The van der Waals surface area contributed by atoms with Gasteiger partial charge in [0.2, 0.25) is 5.91 Å². The molecule has 1 atom stereocenters. The van der Waals surface area contributed by atoms with E-state index in [0.717, 1.165) is 55.5 Å². The number of anilines is 1. The third kappa shape index (κ3) is 3.46. The first kappa shape index (κ1) is 16.2. The van der Waals surface area contributed by atoms with Crippen LogP contribution in [0, 0.1) is 0 Å². The van der Waals surface area contributed by atoms with E-state index in [1.807, 2.05) is 4.90 Å². The molecule has 2 aliphatic heterocycles. The van der Waals surface area contributed by atoms with Crippen LogP contribution in [0.3, 0.4) is 0 Å². The highest BCUT2D eigenvalue weighted by Gasteiger charge is 2.35. The van der Waals surface area contributed by atoms with Gasteiger partial charge in [0.15, 0.2) is 0 Å². The molecular weight excluding hydrogens is 329 g/mol. The van der Waals surface area contributed by atoms with Gasteiger partial charge < -0.3 is 4.90 Å². The fraction of sp³-hybridized carbons (Fsp3) is 0.467. The predicted octanol–water partition coefficient (Wildman–Crippen LogP) is 3.20. The number of halogens is 3. The van der Waals surface area contributed by atoms with Crippen LogP contribution in [0.4, 0.5) is 23.7 Å². The zero-order chi connectivity index (χ0) is 16.6. The van der Waals surface area contributed by atoms with E-state index in [9.17, 15) is 22.8 Å². The molecule has 0 bridgehead atoms. The molecule has 1 aromatic rings. The van der Waals surface area contributed by atoms with E-state index in [-0.39, 0.29) is 6.42 Å². The van der Waals surface area contributed by atoms with Gasteiger partial charge in [-0.1, -0.05) is 11.8 Å². The van der Waals surface area contributed by atoms with Crippen molar-refractivity contribution in [1.29, 1.82) is 0 Å². The molecule has 0 aromatic heterocycles. The van der Waals surface area contributed by atoms with Crippen LogP contribution in [-0.2, 0) is 17.4 Å². The first-order chi connectivity index (χ1) is 10.8. The van der Waals surface area contributed by atoms with Crippen molar-refractivity contribution in [2.75, 3.05) is 18.0 Å². The number of nitrogens with zero attached hydrogens (tertiary/aromatic N) is 1. The van der Waals surface area contributed by atoms with Gasteiger partial charge in [-0.05, 0) is 43.0 Å².